The summed E-state index contributed by atoms with van der Waals surface area (Å²) >= 11 is 9.10. The van der Waals surface area contributed by atoms with Crippen LogP contribution in [-0.4, -0.2) is 47.9 Å². The van der Waals surface area contributed by atoms with Crippen molar-refractivity contribution in [2.24, 2.45) is 0 Å². The van der Waals surface area contributed by atoms with Crippen molar-refractivity contribution in [1.29, 1.82) is 0 Å². The highest BCUT2D eigenvalue weighted by atomic mass is 35.5. The zero-order valence-corrected chi connectivity index (χ0v) is 17.1. The van der Waals surface area contributed by atoms with Crippen LogP contribution in [0.25, 0.3) is 10.6 Å². The van der Waals surface area contributed by atoms with Crippen LogP contribution in [0.2, 0.25) is 5.02 Å². The van der Waals surface area contributed by atoms with Gasteiger partial charge in [-0.15, -0.1) is 11.3 Å². The Balaban J connectivity index is 1.78. The fraction of sp³-hybridized carbons (Fsp3) is 0.263. The first kappa shape index (κ1) is 19.0. The van der Waals surface area contributed by atoms with Crippen LogP contribution in [0.1, 0.15) is 16.1 Å². The molecule has 0 aliphatic carbocycles. The van der Waals surface area contributed by atoms with Crippen molar-refractivity contribution in [3.63, 3.8) is 0 Å². The number of carbonyl (C=O) groups is 1. The van der Waals surface area contributed by atoms with E-state index in [4.69, 9.17) is 11.6 Å². The van der Waals surface area contributed by atoms with Gasteiger partial charge in [-0.1, -0.05) is 23.7 Å². The van der Waals surface area contributed by atoms with Gasteiger partial charge in [0.1, 0.15) is 10.7 Å². The fourth-order valence-electron chi connectivity index (χ4n) is 2.44. The molecule has 0 fully saturated rings. The molecule has 0 saturated carbocycles. The van der Waals surface area contributed by atoms with Crippen LogP contribution >= 0.6 is 34.3 Å². The summed E-state index contributed by atoms with van der Waals surface area (Å²) in [5, 5.41) is 7.49. The first-order valence-electron chi connectivity index (χ1n) is 8.19. The molecule has 3 aromatic rings. The van der Waals surface area contributed by atoms with E-state index in [1.54, 1.807) is 11.3 Å². The van der Waals surface area contributed by atoms with Crippen LogP contribution in [0.15, 0.2) is 46.5 Å². The van der Waals surface area contributed by atoms with Gasteiger partial charge in [-0.05, 0) is 43.2 Å². The van der Waals surface area contributed by atoms with E-state index < -0.39 is 0 Å². The smallest absolute Gasteiger partial charge is 0.273 e. The number of halogens is 1. The Morgan fingerprint density at radius 2 is 1.88 bits per heavy atom. The molecule has 0 radical (unpaired) electrons. The summed E-state index contributed by atoms with van der Waals surface area (Å²) < 4.78 is 0. The molecule has 0 aliphatic rings. The number of thiazole rings is 1. The number of hydrogen-bond acceptors (Lipinski definition) is 5. The molecular formula is C19H20ClN3OS2. The lowest BCUT2D eigenvalue weighted by atomic mass is 10.2. The van der Waals surface area contributed by atoms with Crippen LogP contribution in [0.4, 0.5) is 0 Å². The third kappa shape index (κ3) is 4.92. The second kappa shape index (κ2) is 8.77. The Hall–Kier alpha value is -1.73. The molecule has 7 heteroatoms. The topological polar surface area (TPSA) is 36.4 Å². The molecule has 0 unspecified atom stereocenters. The van der Waals surface area contributed by atoms with Crippen molar-refractivity contribution in [2.45, 2.75) is 6.54 Å². The summed E-state index contributed by atoms with van der Waals surface area (Å²) in [6.45, 7) is 1.97. The van der Waals surface area contributed by atoms with Crippen LogP contribution in [0, 0.1) is 0 Å². The van der Waals surface area contributed by atoms with E-state index in [1.165, 1.54) is 11.3 Å². The van der Waals surface area contributed by atoms with Gasteiger partial charge in [0.25, 0.3) is 5.91 Å². The number of thiophene rings is 1. The monoisotopic (exact) mass is 405 g/mol. The minimum Gasteiger partial charge on any atom is -0.332 e. The van der Waals surface area contributed by atoms with Gasteiger partial charge in [-0.2, -0.15) is 11.3 Å². The Bertz CT molecular complexity index is 844. The molecule has 3 rings (SSSR count). The number of aromatic nitrogens is 1. The fourth-order valence-corrected chi connectivity index (χ4v) is 4.07. The van der Waals surface area contributed by atoms with Crippen LogP contribution in [-0.2, 0) is 6.54 Å². The van der Waals surface area contributed by atoms with Gasteiger partial charge in [-0.3, -0.25) is 4.79 Å². The predicted octanol–water partition coefficient (Wildman–Crippen LogP) is 4.73. The Morgan fingerprint density at radius 1 is 1.12 bits per heavy atom. The molecule has 2 heterocycles. The highest BCUT2D eigenvalue weighted by Crippen LogP contribution is 2.26. The number of benzene rings is 1. The van der Waals surface area contributed by atoms with E-state index in [9.17, 15) is 4.79 Å². The molecule has 0 spiro atoms. The Morgan fingerprint density at radius 3 is 2.54 bits per heavy atom. The molecule has 0 aliphatic heterocycles. The van der Waals surface area contributed by atoms with Gasteiger partial charge in [-0.25, -0.2) is 4.98 Å². The van der Waals surface area contributed by atoms with Gasteiger partial charge in [0.05, 0.1) is 0 Å². The third-order valence-electron chi connectivity index (χ3n) is 3.88. The molecule has 0 saturated heterocycles. The lowest BCUT2D eigenvalue weighted by Gasteiger charge is -2.24. The standard InChI is InChI=1S/C19H20ClN3OS2/c1-22(2)8-9-23(11-14-3-5-16(20)6-4-14)19(24)17-13-26-18(21-17)15-7-10-25-12-15/h3-7,10,12-13H,8-9,11H2,1-2H3. The largest absolute Gasteiger partial charge is 0.332 e. The summed E-state index contributed by atoms with van der Waals surface area (Å²) in [4.78, 5) is 21.5. The average Bonchev–Trinajstić information content (AvgIpc) is 3.30. The molecule has 136 valence electrons. The number of carbonyl (C=O) groups excluding carboxylic acids is 1. The molecule has 1 amide bonds. The lowest BCUT2D eigenvalue weighted by molar-refractivity contribution is 0.0727. The van der Waals surface area contributed by atoms with E-state index in [2.05, 4.69) is 9.88 Å². The molecule has 1 aromatic carbocycles. The Labute approximate surface area is 166 Å². The number of rotatable bonds is 7. The average molecular weight is 406 g/mol. The summed E-state index contributed by atoms with van der Waals surface area (Å²) in [5.41, 5.74) is 2.62. The summed E-state index contributed by atoms with van der Waals surface area (Å²) in [7, 11) is 4.00. The van der Waals surface area contributed by atoms with Gasteiger partial charge < -0.3 is 9.80 Å². The molecule has 2 aromatic heterocycles. The molecule has 0 atom stereocenters. The van der Waals surface area contributed by atoms with Crippen molar-refractivity contribution in [2.75, 3.05) is 27.2 Å². The van der Waals surface area contributed by atoms with Crippen molar-refractivity contribution < 1.29 is 4.79 Å². The zero-order valence-electron chi connectivity index (χ0n) is 14.7. The zero-order chi connectivity index (χ0) is 18.5. The second-order valence-electron chi connectivity index (χ2n) is 6.21. The van der Waals surface area contributed by atoms with Crippen molar-refractivity contribution >= 4 is 40.2 Å². The van der Waals surface area contributed by atoms with E-state index in [1.807, 2.05) is 65.5 Å². The second-order valence-corrected chi connectivity index (χ2v) is 8.28. The van der Waals surface area contributed by atoms with Crippen LogP contribution < -0.4 is 0 Å². The van der Waals surface area contributed by atoms with Gasteiger partial charge >= 0.3 is 0 Å². The van der Waals surface area contributed by atoms with Crippen molar-refractivity contribution in [1.82, 2.24) is 14.8 Å². The minimum absolute atomic E-state index is 0.0421. The van der Waals surface area contributed by atoms with E-state index >= 15 is 0 Å². The van der Waals surface area contributed by atoms with Gasteiger partial charge in [0.2, 0.25) is 0 Å². The van der Waals surface area contributed by atoms with E-state index in [0.29, 0.717) is 23.8 Å². The lowest BCUT2D eigenvalue weighted by Crippen LogP contribution is -2.36. The number of likely N-dealkylation sites (N-methyl/N-ethyl adjacent to an activating group) is 1. The SMILES string of the molecule is CN(C)CCN(Cc1ccc(Cl)cc1)C(=O)c1csc(-c2ccsc2)n1. The molecule has 26 heavy (non-hydrogen) atoms. The summed E-state index contributed by atoms with van der Waals surface area (Å²) in [6, 6.07) is 9.63. The van der Waals surface area contributed by atoms with Gasteiger partial charge in [0, 0.05) is 41.0 Å². The molecule has 4 nitrogen and oxygen atoms in total. The highest BCUT2D eigenvalue weighted by molar-refractivity contribution is 7.14. The van der Waals surface area contributed by atoms with Crippen LogP contribution in [0.3, 0.4) is 0 Å². The maximum Gasteiger partial charge on any atom is 0.273 e. The quantitative estimate of drug-likeness (QED) is 0.570. The van der Waals surface area contributed by atoms with E-state index in [0.717, 1.165) is 22.7 Å². The first-order valence-corrected chi connectivity index (χ1v) is 10.4. The van der Waals surface area contributed by atoms with Gasteiger partial charge in [0.15, 0.2) is 0 Å². The highest BCUT2D eigenvalue weighted by Gasteiger charge is 2.20. The first-order chi connectivity index (χ1) is 12.5. The summed E-state index contributed by atoms with van der Waals surface area (Å²) in [6.07, 6.45) is 0. The van der Waals surface area contributed by atoms with E-state index in [-0.39, 0.29) is 5.91 Å². The minimum atomic E-state index is -0.0421. The predicted molar refractivity (Wildman–Crippen MR) is 110 cm³/mol. The third-order valence-corrected chi connectivity index (χ3v) is 5.71. The summed E-state index contributed by atoms with van der Waals surface area (Å²) in [5.74, 6) is -0.0421. The Kier molecular flexibility index (Phi) is 6.43. The maximum absolute atomic E-state index is 13.0. The number of hydrogen-bond donors (Lipinski definition) is 0. The number of nitrogens with zero attached hydrogens (tertiary/aromatic N) is 3. The molecular weight excluding hydrogens is 386 g/mol. The van der Waals surface area contributed by atoms with Crippen molar-refractivity contribution in [3.05, 3.63) is 62.8 Å². The number of amides is 1. The van der Waals surface area contributed by atoms with Crippen LogP contribution in [0.5, 0.6) is 0 Å². The molecule has 0 bridgehead atoms. The maximum atomic E-state index is 13.0. The molecule has 0 N–H and O–H groups in total. The normalized spacial score (nSPS) is 11.1. The van der Waals surface area contributed by atoms with Crippen molar-refractivity contribution in [3.8, 4) is 10.6 Å².